The first-order valence-corrected chi connectivity index (χ1v) is 14.4. The topological polar surface area (TPSA) is 24.9 Å². The third kappa shape index (κ3) is 7.41. The molecular formula is C32H48N2O2. The minimum absolute atomic E-state index is 0.419. The van der Waals surface area contributed by atoms with Crippen LogP contribution in [-0.2, 0) is 0 Å². The fraction of sp³-hybridized carbons (Fsp3) is 0.625. The van der Waals surface area contributed by atoms with E-state index >= 15 is 0 Å². The molecule has 0 atom stereocenters. The monoisotopic (exact) mass is 492 g/mol. The number of para-hydroxylation sites is 1. The molecule has 0 radical (unpaired) electrons. The van der Waals surface area contributed by atoms with E-state index in [4.69, 9.17) is 9.47 Å². The number of rotatable bonds is 10. The molecule has 36 heavy (non-hydrogen) atoms. The van der Waals surface area contributed by atoms with Gasteiger partial charge in [-0.1, -0.05) is 58.4 Å². The molecule has 4 rings (SSSR count). The van der Waals surface area contributed by atoms with Crippen molar-refractivity contribution in [3.8, 4) is 11.5 Å². The molecule has 2 aromatic carbocycles. The zero-order valence-corrected chi connectivity index (χ0v) is 23.2. The summed E-state index contributed by atoms with van der Waals surface area (Å²) >= 11 is 0. The van der Waals surface area contributed by atoms with Crippen molar-refractivity contribution in [3.05, 3.63) is 54.1 Å². The maximum atomic E-state index is 6.18. The summed E-state index contributed by atoms with van der Waals surface area (Å²) < 4.78 is 12.0. The van der Waals surface area contributed by atoms with Crippen LogP contribution in [0.1, 0.15) is 77.7 Å². The van der Waals surface area contributed by atoms with Crippen molar-refractivity contribution in [1.82, 2.24) is 4.90 Å². The van der Waals surface area contributed by atoms with Gasteiger partial charge in [0.1, 0.15) is 24.7 Å². The Morgan fingerprint density at radius 2 is 1.47 bits per heavy atom. The fourth-order valence-electron chi connectivity index (χ4n) is 5.93. The van der Waals surface area contributed by atoms with Crippen LogP contribution in [0.5, 0.6) is 11.5 Å². The zero-order chi connectivity index (χ0) is 25.4. The lowest BCUT2D eigenvalue weighted by atomic mass is 9.68. The maximum absolute atomic E-state index is 6.18. The molecule has 0 spiro atoms. The lowest BCUT2D eigenvalue weighted by Crippen LogP contribution is -2.47. The second-order valence-electron chi connectivity index (χ2n) is 11.8. The average molecular weight is 493 g/mol. The maximum Gasteiger partial charge on any atom is 0.122 e. The average Bonchev–Trinajstić information content (AvgIpc) is 2.90. The number of ether oxygens (including phenoxy) is 2. The molecule has 1 heterocycles. The first kappa shape index (κ1) is 26.9. The highest BCUT2D eigenvalue weighted by molar-refractivity contribution is 5.59. The second kappa shape index (κ2) is 12.9. The highest BCUT2D eigenvalue weighted by Gasteiger charge is 2.32. The fourth-order valence-corrected chi connectivity index (χ4v) is 5.93. The van der Waals surface area contributed by atoms with E-state index in [-0.39, 0.29) is 0 Å². The van der Waals surface area contributed by atoms with Gasteiger partial charge >= 0.3 is 0 Å². The summed E-state index contributed by atoms with van der Waals surface area (Å²) in [7, 11) is 0. The highest BCUT2D eigenvalue weighted by Crippen LogP contribution is 2.45. The number of piperazine rings is 1. The van der Waals surface area contributed by atoms with Crippen LogP contribution in [0.2, 0.25) is 0 Å². The van der Waals surface area contributed by atoms with Crippen LogP contribution in [0.25, 0.3) is 0 Å². The van der Waals surface area contributed by atoms with E-state index in [9.17, 15) is 0 Å². The molecule has 1 aliphatic carbocycles. The number of hydrogen-bond acceptors (Lipinski definition) is 4. The van der Waals surface area contributed by atoms with E-state index in [0.717, 1.165) is 43.6 Å². The van der Waals surface area contributed by atoms with E-state index in [1.165, 1.54) is 56.3 Å². The van der Waals surface area contributed by atoms with Gasteiger partial charge in [-0.15, -0.1) is 0 Å². The minimum Gasteiger partial charge on any atom is -0.490 e. The molecule has 1 saturated heterocycles. The summed E-state index contributed by atoms with van der Waals surface area (Å²) in [5.41, 5.74) is 3.37. The van der Waals surface area contributed by atoms with Crippen molar-refractivity contribution in [2.45, 2.75) is 72.1 Å². The van der Waals surface area contributed by atoms with Gasteiger partial charge in [-0.3, -0.25) is 4.90 Å². The van der Waals surface area contributed by atoms with E-state index < -0.39 is 0 Å². The molecule has 0 amide bonds. The van der Waals surface area contributed by atoms with Crippen molar-refractivity contribution >= 4 is 5.69 Å². The minimum atomic E-state index is 0.419. The van der Waals surface area contributed by atoms with Crippen LogP contribution in [0.3, 0.4) is 0 Å². The van der Waals surface area contributed by atoms with Gasteiger partial charge in [-0.25, -0.2) is 0 Å². The molecular weight excluding hydrogens is 444 g/mol. The first-order valence-electron chi connectivity index (χ1n) is 14.4. The van der Waals surface area contributed by atoms with E-state index in [1.807, 2.05) is 30.3 Å². The van der Waals surface area contributed by atoms with Gasteiger partial charge in [0.2, 0.25) is 0 Å². The summed E-state index contributed by atoms with van der Waals surface area (Å²) in [5.74, 6) is 3.35. The van der Waals surface area contributed by atoms with Gasteiger partial charge in [-0.05, 0) is 79.7 Å². The summed E-state index contributed by atoms with van der Waals surface area (Å²) in [5, 5.41) is 0. The lowest BCUT2D eigenvalue weighted by molar-refractivity contribution is 0.169. The molecule has 2 aliphatic rings. The number of hydrogen-bond donors (Lipinski definition) is 0. The molecule has 1 saturated carbocycles. The Kier molecular flexibility index (Phi) is 9.59. The summed E-state index contributed by atoms with van der Waals surface area (Å²) in [4.78, 5) is 5.26. The van der Waals surface area contributed by atoms with Crippen LogP contribution in [-0.4, -0.2) is 50.8 Å². The lowest BCUT2D eigenvalue weighted by Gasteiger charge is -2.40. The molecule has 0 unspecified atom stereocenters. The smallest absolute Gasteiger partial charge is 0.122 e. The Morgan fingerprint density at radius 1 is 0.806 bits per heavy atom. The summed E-state index contributed by atoms with van der Waals surface area (Å²) in [6.45, 7) is 16.4. The van der Waals surface area contributed by atoms with Crippen molar-refractivity contribution < 1.29 is 9.47 Å². The summed E-state index contributed by atoms with van der Waals surface area (Å²) in [6, 6.07) is 16.9. The van der Waals surface area contributed by atoms with Crippen molar-refractivity contribution in [1.29, 1.82) is 0 Å². The predicted molar refractivity (Wildman–Crippen MR) is 152 cm³/mol. The largest absolute Gasteiger partial charge is 0.490 e. The predicted octanol–water partition coefficient (Wildman–Crippen LogP) is 7.39. The highest BCUT2D eigenvalue weighted by atomic mass is 16.5. The number of nitrogens with zero attached hydrogens (tertiary/aromatic N) is 2. The van der Waals surface area contributed by atoms with Crippen molar-refractivity contribution in [2.24, 2.45) is 11.3 Å². The zero-order valence-electron chi connectivity index (χ0n) is 23.2. The molecule has 0 bridgehead atoms. The van der Waals surface area contributed by atoms with Crippen LogP contribution in [0.4, 0.5) is 5.69 Å². The van der Waals surface area contributed by atoms with Gasteiger partial charge in [0.05, 0.1) is 0 Å². The number of benzene rings is 2. The third-order valence-electron chi connectivity index (χ3n) is 8.30. The molecule has 0 aromatic heterocycles. The molecule has 2 fully saturated rings. The molecule has 4 nitrogen and oxygen atoms in total. The number of unbranched alkanes of at least 4 members (excludes halogenated alkanes) is 1. The second-order valence-corrected chi connectivity index (χ2v) is 11.8. The molecule has 0 N–H and O–H groups in total. The Bertz CT molecular complexity index is 907. The molecule has 2 aromatic rings. The summed E-state index contributed by atoms with van der Waals surface area (Å²) in [6.07, 6.45) is 7.86. The van der Waals surface area contributed by atoms with Crippen LogP contribution in [0, 0.1) is 11.3 Å². The van der Waals surface area contributed by atoms with Crippen molar-refractivity contribution in [3.63, 3.8) is 0 Å². The van der Waals surface area contributed by atoms with Gasteiger partial charge in [-0.2, -0.15) is 0 Å². The standard InChI is InChI=1S/C32H48N2O2/c1-5-6-18-33-19-21-34(22-20-33)31-25-29(36-24-23-35-28-10-8-7-9-11-28)16-17-30(31)26-12-14-27(15-13-26)32(2,3)4/h7-11,16-17,25-27H,5-6,12-15,18-24H2,1-4H3. The van der Waals surface area contributed by atoms with E-state index in [0.29, 0.717) is 24.5 Å². The SMILES string of the molecule is CCCCN1CCN(c2cc(OCCOc3ccccc3)ccc2C2CCC(C(C)(C)C)CC2)CC1. The Hall–Kier alpha value is -2.20. The van der Waals surface area contributed by atoms with Crippen LogP contribution >= 0.6 is 0 Å². The normalized spacial score (nSPS) is 21.4. The Labute approximate surface area is 220 Å². The Morgan fingerprint density at radius 3 is 2.11 bits per heavy atom. The van der Waals surface area contributed by atoms with Crippen molar-refractivity contribution in [2.75, 3.05) is 50.8 Å². The molecule has 1 aliphatic heterocycles. The van der Waals surface area contributed by atoms with Crippen LogP contribution in [0.15, 0.2) is 48.5 Å². The molecule has 4 heteroatoms. The van der Waals surface area contributed by atoms with Gasteiger partial charge in [0.25, 0.3) is 0 Å². The third-order valence-corrected chi connectivity index (χ3v) is 8.30. The first-order chi connectivity index (χ1) is 17.4. The van der Waals surface area contributed by atoms with Gasteiger partial charge in [0.15, 0.2) is 0 Å². The Balaban J connectivity index is 1.42. The van der Waals surface area contributed by atoms with Crippen LogP contribution < -0.4 is 14.4 Å². The van der Waals surface area contributed by atoms with E-state index in [2.05, 4.69) is 55.7 Å². The quantitative estimate of drug-likeness (QED) is 0.323. The van der Waals surface area contributed by atoms with Gasteiger partial charge in [0, 0.05) is 37.9 Å². The molecule has 198 valence electrons. The van der Waals surface area contributed by atoms with E-state index in [1.54, 1.807) is 0 Å². The number of anilines is 1. The van der Waals surface area contributed by atoms with Gasteiger partial charge < -0.3 is 14.4 Å².